The number of fused-ring (bicyclic) bond motifs is 1. The maximum absolute atomic E-state index is 11.1. The van der Waals surface area contributed by atoms with Crippen LogP contribution in [0.4, 0.5) is 5.69 Å². The lowest BCUT2D eigenvalue weighted by Crippen LogP contribution is -2.34. The maximum atomic E-state index is 11.1. The second-order valence-corrected chi connectivity index (χ2v) is 4.83. The minimum absolute atomic E-state index is 0.0834. The highest BCUT2D eigenvalue weighted by Crippen LogP contribution is 2.33. The summed E-state index contributed by atoms with van der Waals surface area (Å²) in [7, 11) is 0. The molecule has 2 aromatic rings. The number of hydrogen-bond donors (Lipinski definition) is 1. The number of hydrogen-bond acceptors (Lipinski definition) is 5. The van der Waals surface area contributed by atoms with Crippen molar-refractivity contribution in [2.75, 3.05) is 13.1 Å². The van der Waals surface area contributed by atoms with Gasteiger partial charge in [-0.05, 0) is 38.1 Å². The first kappa shape index (κ1) is 12.8. The quantitative estimate of drug-likeness (QED) is 0.685. The lowest BCUT2D eigenvalue weighted by atomic mass is 10.1. The third-order valence-corrected chi connectivity index (χ3v) is 3.53. The smallest absolute Gasteiger partial charge is 0.277 e. The van der Waals surface area contributed by atoms with E-state index in [4.69, 9.17) is 4.74 Å². The van der Waals surface area contributed by atoms with Crippen molar-refractivity contribution in [3.63, 3.8) is 0 Å². The van der Waals surface area contributed by atoms with Crippen molar-refractivity contribution in [1.82, 2.24) is 10.3 Å². The van der Waals surface area contributed by atoms with E-state index in [1.54, 1.807) is 24.5 Å². The molecule has 104 valence electrons. The third kappa shape index (κ3) is 2.42. The van der Waals surface area contributed by atoms with E-state index in [2.05, 4.69) is 10.3 Å². The molecular weight excluding hydrogens is 258 g/mol. The highest BCUT2D eigenvalue weighted by Gasteiger charge is 2.19. The number of nitrogens with zero attached hydrogens (tertiary/aromatic N) is 2. The molecule has 0 radical (unpaired) electrons. The Morgan fingerprint density at radius 1 is 1.25 bits per heavy atom. The van der Waals surface area contributed by atoms with E-state index in [1.807, 2.05) is 0 Å². The van der Waals surface area contributed by atoms with E-state index in [9.17, 15) is 10.1 Å². The molecule has 0 saturated carbocycles. The number of ether oxygens (including phenoxy) is 1. The number of rotatable bonds is 3. The molecule has 1 aliphatic rings. The molecule has 0 atom stereocenters. The van der Waals surface area contributed by atoms with Gasteiger partial charge in [0.1, 0.15) is 11.9 Å². The van der Waals surface area contributed by atoms with Crippen LogP contribution in [0.3, 0.4) is 0 Å². The minimum Gasteiger partial charge on any atom is -0.490 e. The summed E-state index contributed by atoms with van der Waals surface area (Å²) in [6.45, 7) is 1.88. The van der Waals surface area contributed by atoms with E-state index in [0.29, 0.717) is 16.5 Å². The molecule has 0 spiro atoms. The fourth-order valence-electron chi connectivity index (χ4n) is 2.50. The SMILES string of the molecule is O=[N+]([O-])c1ccc(OC2CCNCC2)c2cnccc12. The standard InChI is InChI=1S/C14H15N3O3/c18-17(19)13-1-2-14(12-9-16-8-5-11(12)13)20-10-3-6-15-7-4-10/h1-2,5,8-10,15H,3-4,6-7H2. The lowest BCUT2D eigenvalue weighted by Gasteiger charge is -2.24. The first-order valence-electron chi connectivity index (χ1n) is 6.64. The topological polar surface area (TPSA) is 77.3 Å². The molecule has 0 bridgehead atoms. The fraction of sp³-hybridized carbons (Fsp3) is 0.357. The molecule has 0 aliphatic carbocycles. The van der Waals surface area contributed by atoms with E-state index >= 15 is 0 Å². The largest absolute Gasteiger partial charge is 0.490 e. The molecule has 3 rings (SSSR count). The first-order valence-corrected chi connectivity index (χ1v) is 6.64. The van der Waals surface area contributed by atoms with Crippen molar-refractivity contribution in [3.8, 4) is 5.75 Å². The van der Waals surface area contributed by atoms with Gasteiger partial charge in [0.25, 0.3) is 5.69 Å². The van der Waals surface area contributed by atoms with Crippen molar-refractivity contribution in [3.05, 3.63) is 40.7 Å². The van der Waals surface area contributed by atoms with Crippen molar-refractivity contribution < 1.29 is 9.66 Å². The van der Waals surface area contributed by atoms with Crippen LogP contribution < -0.4 is 10.1 Å². The summed E-state index contributed by atoms with van der Waals surface area (Å²) in [6.07, 6.45) is 5.22. The van der Waals surface area contributed by atoms with Crippen molar-refractivity contribution in [2.45, 2.75) is 18.9 Å². The molecule has 6 nitrogen and oxygen atoms in total. The summed E-state index contributed by atoms with van der Waals surface area (Å²) in [5, 5.41) is 15.6. The van der Waals surface area contributed by atoms with Crippen LogP contribution in [0.15, 0.2) is 30.6 Å². The Hall–Kier alpha value is -2.21. The van der Waals surface area contributed by atoms with Gasteiger partial charge in [-0.1, -0.05) is 0 Å². The summed E-state index contributed by atoms with van der Waals surface area (Å²) < 4.78 is 6.00. The predicted octanol–water partition coefficient (Wildman–Crippen LogP) is 2.27. The normalized spacial score (nSPS) is 16.2. The number of non-ortho nitro benzene ring substituents is 1. The molecular formula is C14H15N3O3. The van der Waals surface area contributed by atoms with Gasteiger partial charge in [0, 0.05) is 23.8 Å². The Morgan fingerprint density at radius 3 is 2.80 bits per heavy atom. The minimum atomic E-state index is -0.378. The highest BCUT2D eigenvalue weighted by atomic mass is 16.6. The molecule has 6 heteroatoms. The third-order valence-electron chi connectivity index (χ3n) is 3.53. The monoisotopic (exact) mass is 273 g/mol. The van der Waals surface area contributed by atoms with Gasteiger partial charge < -0.3 is 10.1 Å². The molecule has 0 amide bonds. The van der Waals surface area contributed by atoms with Gasteiger partial charge in [-0.15, -0.1) is 0 Å². The molecule has 2 heterocycles. The number of nitro benzene ring substituents is 1. The van der Waals surface area contributed by atoms with Gasteiger partial charge in [-0.3, -0.25) is 15.1 Å². The van der Waals surface area contributed by atoms with E-state index in [1.165, 1.54) is 6.07 Å². The Labute approximate surface area is 115 Å². The van der Waals surface area contributed by atoms with Crippen LogP contribution >= 0.6 is 0 Å². The van der Waals surface area contributed by atoms with Gasteiger partial charge in [-0.2, -0.15) is 0 Å². The number of nitrogens with one attached hydrogen (secondary N) is 1. The average Bonchev–Trinajstić information content (AvgIpc) is 2.48. The summed E-state index contributed by atoms with van der Waals surface area (Å²) in [5.74, 6) is 0.672. The van der Waals surface area contributed by atoms with Crippen LogP contribution in [0, 0.1) is 10.1 Å². The number of piperidine rings is 1. The van der Waals surface area contributed by atoms with Crippen LogP contribution in [0.1, 0.15) is 12.8 Å². The Morgan fingerprint density at radius 2 is 2.05 bits per heavy atom. The molecule has 0 unspecified atom stereocenters. The molecule has 1 aromatic carbocycles. The summed E-state index contributed by atoms with van der Waals surface area (Å²) in [4.78, 5) is 14.7. The summed E-state index contributed by atoms with van der Waals surface area (Å²) in [5.41, 5.74) is 0.0834. The van der Waals surface area contributed by atoms with Gasteiger partial charge in [0.15, 0.2) is 0 Å². The number of pyridine rings is 1. The van der Waals surface area contributed by atoms with Crippen LogP contribution in [0.25, 0.3) is 10.8 Å². The molecule has 1 N–H and O–H groups in total. The summed E-state index contributed by atoms with van der Waals surface area (Å²) in [6, 6.07) is 4.83. The van der Waals surface area contributed by atoms with Crippen LogP contribution in [-0.4, -0.2) is 29.1 Å². The van der Waals surface area contributed by atoms with Crippen molar-refractivity contribution >= 4 is 16.5 Å². The molecule has 1 fully saturated rings. The molecule has 1 aliphatic heterocycles. The maximum Gasteiger partial charge on any atom is 0.277 e. The molecule has 20 heavy (non-hydrogen) atoms. The zero-order chi connectivity index (χ0) is 13.9. The second kappa shape index (κ2) is 5.42. The van der Waals surface area contributed by atoms with Gasteiger partial charge in [0.2, 0.25) is 0 Å². The van der Waals surface area contributed by atoms with E-state index in [0.717, 1.165) is 25.9 Å². The van der Waals surface area contributed by atoms with Crippen molar-refractivity contribution in [1.29, 1.82) is 0 Å². The van der Waals surface area contributed by atoms with Gasteiger partial charge in [-0.25, -0.2) is 0 Å². The van der Waals surface area contributed by atoms with Crippen LogP contribution in [0.2, 0.25) is 0 Å². The highest BCUT2D eigenvalue weighted by molar-refractivity contribution is 5.94. The predicted molar refractivity (Wildman–Crippen MR) is 74.9 cm³/mol. The summed E-state index contributed by atoms with van der Waals surface area (Å²) >= 11 is 0. The first-order chi connectivity index (χ1) is 9.75. The average molecular weight is 273 g/mol. The zero-order valence-electron chi connectivity index (χ0n) is 10.9. The lowest BCUT2D eigenvalue weighted by molar-refractivity contribution is -0.383. The molecule has 1 saturated heterocycles. The molecule has 1 aromatic heterocycles. The second-order valence-electron chi connectivity index (χ2n) is 4.83. The van der Waals surface area contributed by atoms with Crippen molar-refractivity contribution in [2.24, 2.45) is 0 Å². The van der Waals surface area contributed by atoms with Crippen LogP contribution in [-0.2, 0) is 0 Å². The fourth-order valence-corrected chi connectivity index (χ4v) is 2.50. The van der Waals surface area contributed by atoms with E-state index < -0.39 is 0 Å². The number of aromatic nitrogens is 1. The van der Waals surface area contributed by atoms with Crippen LogP contribution in [0.5, 0.6) is 5.75 Å². The Kier molecular flexibility index (Phi) is 3.47. The Bertz CT molecular complexity index is 639. The Balaban J connectivity index is 1.99. The number of benzene rings is 1. The van der Waals surface area contributed by atoms with E-state index in [-0.39, 0.29) is 16.7 Å². The number of nitro groups is 1. The van der Waals surface area contributed by atoms with Gasteiger partial charge >= 0.3 is 0 Å². The van der Waals surface area contributed by atoms with Gasteiger partial charge in [0.05, 0.1) is 10.3 Å². The zero-order valence-corrected chi connectivity index (χ0v) is 10.9.